The Kier molecular flexibility index (Phi) is 4.66. The van der Waals surface area contributed by atoms with E-state index in [4.69, 9.17) is 18.6 Å². The van der Waals surface area contributed by atoms with Crippen molar-refractivity contribution in [1.82, 2.24) is 0 Å². The second-order valence-electron chi connectivity index (χ2n) is 11.9. The van der Waals surface area contributed by atoms with Gasteiger partial charge >= 0.3 is 11.9 Å². The van der Waals surface area contributed by atoms with Crippen molar-refractivity contribution in [2.24, 2.45) is 28.1 Å². The van der Waals surface area contributed by atoms with E-state index in [1.807, 2.05) is 26.8 Å². The SMILES string of the molecule is COC(=O)C[C@H]1[C@]2(C)C3=C(C)C(c4ccoc4C)CC3O[C@@H]2[C@@H]2OC(=O)[C@]3(C)CCC(=O)[C@@]1(C)[C@@H]23. The molecule has 0 radical (unpaired) electrons. The van der Waals surface area contributed by atoms with Crippen LogP contribution in [0.3, 0.4) is 0 Å². The number of ketones is 1. The highest BCUT2D eigenvalue weighted by Crippen LogP contribution is 2.72. The van der Waals surface area contributed by atoms with E-state index in [9.17, 15) is 14.4 Å². The fourth-order valence-corrected chi connectivity index (χ4v) is 9.08. The first-order valence-electron chi connectivity index (χ1n) is 12.7. The molecular weight excluding hydrogens is 448 g/mol. The zero-order valence-electron chi connectivity index (χ0n) is 21.3. The van der Waals surface area contributed by atoms with Gasteiger partial charge in [0.25, 0.3) is 0 Å². The predicted molar refractivity (Wildman–Crippen MR) is 124 cm³/mol. The number of methoxy groups -OCH3 is 1. The van der Waals surface area contributed by atoms with Crippen LogP contribution in [0.5, 0.6) is 0 Å². The summed E-state index contributed by atoms with van der Waals surface area (Å²) in [7, 11) is 1.39. The molecule has 1 aromatic heterocycles. The van der Waals surface area contributed by atoms with Crippen molar-refractivity contribution < 1.29 is 33.0 Å². The monoisotopic (exact) mass is 482 g/mol. The summed E-state index contributed by atoms with van der Waals surface area (Å²) in [4.78, 5) is 39.9. The number of aryl methyl sites for hydroxylation is 1. The van der Waals surface area contributed by atoms with Gasteiger partial charge in [0.1, 0.15) is 23.8 Å². The normalized spacial score (nSPS) is 45.8. The summed E-state index contributed by atoms with van der Waals surface area (Å²) in [5, 5.41) is 0. The Hall–Kier alpha value is -2.41. The molecule has 0 spiro atoms. The van der Waals surface area contributed by atoms with Crippen LogP contribution in [0.4, 0.5) is 0 Å². The molecule has 5 aliphatic rings. The molecule has 188 valence electrons. The fraction of sp³-hybridized carbons (Fsp3) is 0.679. The quantitative estimate of drug-likeness (QED) is 0.469. The third kappa shape index (κ3) is 2.58. The topological polar surface area (TPSA) is 92.0 Å². The predicted octanol–water partition coefficient (Wildman–Crippen LogP) is 4.28. The molecule has 0 N–H and O–H groups in total. The van der Waals surface area contributed by atoms with Gasteiger partial charge in [0, 0.05) is 34.7 Å². The summed E-state index contributed by atoms with van der Waals surface area (Å²) >= 11 is 0. The van der Waals surface area contributed by atoms with Crippen LogP contribution in [-0.2, 0) is 28.6 Å². The Labute approximate surface area is 205 Å². The van der Waals surface area contributed by atoms with Crippen molar-refractivity contribution in [3.05, 3.63) is 34.8 Å². The maximum absolute atomic E-state index is 13.8. The minimum absolute atomic E-state index is 0.0987. The molecule has 2 saturated heterocycles. The largest absolute Gasteiger partial charge is 0.469 e. The van der Waals surface area contributed by atoms with E-state index in [2.05, 4.69) is 13.8 Å². The molecule has 0 aromatic carbocycles. The maximum Gasteiger partial charge on any atom is 0.312 e. The number of furan rings is 1. The van der Waals surface area contributed by atoms with Gasteiger partial charge in [-0.05, 0) is 51.2 Å². The van der Waals surface area contributed by atoms with E-state index >= 15 is 0 Å². The van der Waals surface area contributed by atoms with E-state index in [0.717, 1.165) is 23.3 Å². The van der Waals surface area contributed by atoms with Crippen molar-refractivity contribution in [3.63, 3.8) is 0 Å². The average Bonchev–Trinajstić information content (AvgIpc) is 3.52. The zero-order valence-corrected chi connectivity index (χ0v) is 21.3. The Balaban J connectivity index is 1.56. The summed E-state index contributed by atoms with van der Waals surface area (Å²) in [6.07, 6.45) is 2.29. The Morgan fingerprint density at radius 3 is 2.57 bits per heavy atom. The molecule has 35 heavy (non-hydrogen) atoms. The fourth-order valence-electron chi connectivity index (χ4n) is 9.08. The van der Waals surface area contributed by atoms with Gasteiger partial charge in [-0.1, -0.05) is 19.4 Å². The lowest BCUT2D eigenvalue weighted by Crippen LogP contribution is -2.67. The molecule has 2 unspecified atom stereocenters. The number of fused-ring (bicyclic) bond motifs is 4. The van der Waals surface area contributed by atoms with Gasteiger partial charge in [0.15, 0.2) is 0 Å². The van der Waals surface area contributed by atoms with Crippen molar-refractivity contribution in [2.75, 3.05) is 7.11 Å². The first kappa shape index (κ1) is 23.0. The molecule has 3 aliphatic carbocycles. The number of rotatable bonds is 3. The molecule has 1 aromatic rings. The lowest BCUT2D eigenvalue weighted by atomic mass is 9.40. The van der Waals surface area contributed by atoms with Crippen LogP contribution in [-0.4, -0.2) is 43.1 Å². The summed E-state index contributed by atoms with van der Waals surface area (Å²) in [5.74, 6) is -0.139. The van der Waals surface area contributed by atoms with Crippen LogP contribution in [0.15, 0.2) is 27.9 Å². The molecule has 3 heterocycles. The Morgan fingerprint density at radius 1 is 1.17 bits per heavy atom. The first-order chi connectivity index (χ1) is 16.5. The number of hydrogen-bond acceptors (Lipinski definition) is 7. The molecule has 2 saturated carbocycles. The molecule has 6 rings (SSSR count). The molecule has 7 heteroatoms. The van der Waals surface area contributed by atoms with Gasteiger partial charge in [-0.25, -0.2) is 0 Å². The Bertz CT molecular complexity index is 1180. The van der Waals surface area contributed by atoms with Crippen LogP contribution in [0, 0.1) is 35.0 Å². The molecule has 0 amide bonds. The highest BCUT2D eigenvalue weighted by atomic mass is 16.6. The number of carbonyl (C=O) groups is 3. The second kappa shape index (κ2) is 7.09. The number of allylic oxidation sites excluding steroid dienone is 1. The van der Waals surface area contributed by atoms with Crippen molar-refractivity contribution in [2.45, 2.75) is 84.5 Å². The van der Waals surface area contributed by atoms with E-state index in [-0.39, 0.29) is 48.0 Å². The van der Waals surface area contributed by atoms with E-state index in [1.165, 1.54) is 12.7 Å². The van der Waals surface area contributed by atoms with E-state index in [0.29, 0.717) is 12.8 Å². The smallest absolute Gasteiger partial charge is 0.312 e. The van der Waals surface area contributed by atoms with Gasteiger partial charge in [0.05, 0.1) is 31.3 Å². The second-order valence-corrected chi connectivity index (χ2v) is 11.9. The number of Topliss-reactive ketones (excluding diaryl/α,β-unsaturated/α-hetero) is 1. The third-order valence-corrected chi connectivity index (χ3v) is 10.7. The lowest BCUT2D eigenvalue weighted by molar-refractivity contribution is -0.197. The number of ether oxygens (including phenoxy) is 3. The van der Waals surface area contributed by atoms with Crippen LogP contribution in [0.1, 0.15) is 70.6 Å². The molecule has 0 bridgehead atoms. The van der Waals surface area contributed by atoms with Gasteiger partial charge in [-0.15, -0.1) is 0 Å². The minimum atomic E-state index is -0.904. The number of esters is 2. The van der Waals surface area contributed by atoms with Crippen LogP contribution >= 0.6 is 0 Å². The van der Waals surface area contributed by atoms with Gasteiger partial charge in [0.2, 0.25) is 0 Å². The van der Waals surface area contributed by atoms with Gasteiger partial charge in [-0.2, -0.15) is 0 Å². The van der Waals surface area contributed by atoms with E-state index in [1.54, 1.807) is 6.26 Å². The van der Waals surface area contributed by atoms with E-state index < -0.39 is 28.5 Å². The average molecular weight is 483 g/mol. The standard InChI is InChI=1S/C28H34O7/c1-13-16(15-8-10-33-14(15)2)11-17-21(13)28(5)18(12-20(30)32-6)27(4)19(29)7-9-26(3)23(27)22(24(28)34-17)35-25(26)31/h8,10,16-18,22-24H,7,9,11-12H2,1-6H3/t16?,17?,18-,22-,23+,24-,26-,27+,28-/m1/s1. The molecule has 9 atom stereocenters. The minimum Gasteiger partial charge on any atom is -0.469 e. The molecule has 4 fully saturated rings. The van der Waals surface area contributed by atoms with Crippen molar-refractivity contribution in [3.8, 4) is 0 Å². The number of hydrogen-bond donors (Lipinski definition) is 0. The highest BCUT2D eigenvalue weighted by molar-refractivity contribution is 5.92. The zero-order chi connectivity index (χ0) is 25.1. The first-order valence-corrected chi connectivity index (χ1v) is 12.7. The van der Waals surface area contributed by atoms with Crippen molar-refractivity contribution >= 4 is 17.7 Å². The van der Waals surface area contributed by atoms with Gasteiger partial charge < -0.3 is 18.6 Å². The lowest BCUT2D eigenvalue weighted by Gasteiger charge is -2.60. The van der Waals surface area contributed by atoms with Crippen LogP contribution in [0.25, 0.3) is 0 Å². The molecular formula is C28H34O7. The highest BCUT2D eigenvalue weighted by Gasteiger charge is 2.78. The van der Waals surface area contributed by atoms with Crippen molar-refractivity contribution in [1.29, 1.82) is 0 Å². The summed E-state index contributed by atoms with van der Waals surface area (Å²) in [6, 6.07) is 2.02. The summed E-state index contributed by atoms with van der Waals surface area (Å²) < 4.78 is 23.6. The van der Waals surface area contributed by atoms with Crippen LogP contribution in [0.2, 0.25) is 0 Å². The van der Waals surface area contributed by atoms with Crippen LogP contribution < -0.4 is 0 Å². The number of carbonyl (C=O) groups excluding carboxylic acids is 3. The van der Waals surface area contributed by atoms with Gasteiger partial charge in [-0.3, -0.25) is 14.4 Å². The molecule has 2 aliphatic heterocycles. The third-order valence-electron chi connectivity index (χ3n) is 10.7. The maximum atomic E-state index is 13.8. The summed E-state index contributed by atoms with van der Waals surface area (Å²) in [5.41, 5.74) is 1.19. The summed E-state index contributed by atoms with van der Waals surface area (Å²) in [6.45, 7) is 10.1. The molecule has 7 nitrogen and oxygen atoms in total. The Morgan fingerprint density at radius 2 is 1.91 bits per heavy atom.